The molecule has 0 fully saturated rings. The van der Waals surface area contributed by atoms with E-state index in [1.54, 1.807) is 27.4 Å². The van der Waals surface area contributed by atoms with Gasteiger partial charge in [-0.3, -0.25) is 0 Å². The van der Waals surface area contributed by atoms with Crippen molar-refractivity contribution in [1.29, 1.82) is 0 Å². The summed E-state index contributed by atoms with van der Waals surface area (Å²) in [6.45, 7) is 10.0. The summed E-state index contributed by atoms with van der Waals surface area (Å²) in [5.41, 5.74) is 3.52. The van der Waals surface area contributed by atoms with E-state index in [9.17, 15) is 5.11 Å². The van der Waals surface area contributed by atoms with E-state index in [4.69, 9.17) is 14.2 Å². The van der Waals surface area contributed by atoms with Crippen LogP contribution in [0.4, 0.5) is 0 Å². The highest BCUT2D eigenvalue weighted by Crippen LogP contribution is 2.44. The quantitative estimate of drug-likeness (QED) is 0.494. The van der Waals surface area contributed by atoms with Crippen LogP contribution in [0.15, 0.2) is 30.4 Å². The lowest BCUT2D eigenvalue weighted by molar-refractivity contribution is 0.210. The fraction of sp³-hybridized carbons (Fsp3) is 0.565. The first-order valence-electron chi connectivity index (χ1n) is 9.67. The molecule has 0 aliphatic heterocycles. The molecule has 0 aromatic heterocycles. The molecule has 0 bridgehead atoms. The number of methoxy groups -OCH3 is 3. The number of aliphatic hydroxyl groups excluding tert-OH is 1. The average Bonchev–Trinajstić information content (AvgIpc) is 2.66. The van der Waals surface area contributed by atoms with E-state index in [-0.39, 0.29) is 5.92 Å². The van der Waals surface area contributed by atoms with Gasteiger partial charge in [0, 0.05) is 5.56 Å². The summed E-state index contributed by atoms with van der Waals surface area (Å²) in [4.78, 5) is 0. The fourth-order valence-corrected chi connectivity index (χ4v) is 3.30. The zero-order valence-corrected chi connectivity index (χ0v) is 17.8. The summed E-state index contributed by atoms with van der Waals surface area (Å²) < 4.78 is 16.9. The van der Waals surface area contributed by atoms with Gasteiger partial charge >= 0.3 is 0 Å². The molecule has 152 valence electrons. The van der Waals surface area contributed by atoms with Crippen molar-refractivity contribution in [3.63, 3.8) is 0 Å². The van der Waals surface area contributed by atoms with Crippen LogP contribution in [0.1, 0.15) is 63.5 Å². The standard InChI is InChI=1S/C23H36O4/c1-8-19(24)14-10-12-17(4)11-9-13-18-15-20(25-5)23(27-7)21(16(2)3)22(18)26-6/h8,11,15-16,19,24H,1,9-10,12-14H2,2-7H3/b17-11+. The normalized spacial score (nSPS) is 12.8. The van der Waals surface area contributed by atoms with Gasteiger partial charge in [-0.15, -0.1) is 6.58 Å². The lowest BCUT2D eigenvalue weighted by Gasteiger charge is -2.21. The van der Waals surface area contributed by atoms with Gasteiger partial charge in [0.1, 0.15) is 5.75 Å². The number of aliphatic hydroxyl groups is 1. The summed E-state index contributed by atoms with van der Waals surface area (Å²) in [6, 6.07) is 2.02. The maximum absolute atomic E-state index is 9.54. The highest BCUT2D eigenvalue weighted by atomic mass is 16.5. The van der Waals surface area contributed by atoms with E-state index in [1.165, 1.54) is 5.57 Å². The van der Waals surface area contributed by atoms with Gasteiger partial charge in [-0.25, -0.2) is 0 Å². The van der Waals surface area contributed by atoms with Crippen molar-refractivity contribution in [2.45, 2.75) is 64.9 Å². The van der Waals surface area contributed by atoms with Crippen LogP contribution in [-0.2, 0) is 6.42 Å². The Morgan fingerprint density at radius 1 is 1.15 bits per heavy atom. The second-order valence-corrected chi connectivity index (χ2v) is 7.16. The smallest absolute Gasteiger partial charge is 0.167 e. The van der Waals surface area contributed by atoms with Crippen molar-refractivity contribution in [2.24, 2.45) is 0 Å². The summed E-state index contributed by atoms with van der Waals surface area (Å²) in [5.74, 6) is 2.65. The molecule has 0 saturated carbocycles. The molecular weight excluding hydrogens is 340 g/mol. The van der Waals surface area contributed by atoms with Crippen LogP contribution in [0.3, 0.4) is 0 Å². The van der Waals surface area contributed by atoms with Crippen LogP contribution < -0.4 is 14.2 Å². The Balaban J connectivity index is 2.92. The number of hydrogen-bond donors (Lipinski definition) is 1. The first-order chi connectivity index (χ1) is 12.9. The van der Waals surface area contributed by atoms with Gasteiger partial charge in [-0.1, -0.05) is 31.6 Å². The molecule has 0 amide bonds. The van der Waals surface area contributed by atoms with Crippen LogP contribution in [-0.4, -0.2) is 32.5 Å². The number of rotatable bonds is 12. The second kappa shape index (κ2) is 11.7. The fourth-order valence-electron chi connectivity index (χ4n) is 3.30. The molecular formula is C23H36O4. The molecule has 0 heterocycles. The lowest BCUT2D eigenvalue weighted by atomic mass is 9.94. The van der Waals surface area contributed by atoms with Crippen molar-refractivity contribution in [3.8, 4) is 17.2 Å². The Labute approximate surface area is 164 Å². The molecule has 4 heteroatoms. The minimum absolute atomic E-state index is 0.261. The van der Waals surface area contributed by atoms with E-state index in [0.717, 1.165) is 60.5 Å². The first kappa shape index (κ1) is 23.1. The Morgan fingerprint density at radius 3 is 2.33 bits per heavy atom. The molecule has 1 aromatic carbocycles. The monoisotopic (exact) mass is 376 g/mol. The third-order valence-electron chi connectivity index (χ3n) is 4.77. The van der Waals surface area contributed by atoms with Gasteiger partial charge in [-0.05, 0) is 56.6 Å². The molecule has 0 spiro atoms. The maximum atomic E-state index is 9.54. The summed E-state index contributed by atoms with van der Waals surface area (Å²) in [5, 5.41) is 9.54. The highest BCUT2D eigenvalue weighted by Gasteiger charge is 2.22. The molecule has 0 radical (unpaired) electrons. The molecule has 1 N–H and O–H groups in total. The van der Waals surface area contributed by atoms with E-state index < -0.39 is 6.10 Å². The Bertz CT molecular complexity index is 632. The largest absolute Gasteiger partial charge is 0.496 e. The van der Waals surface area contributed by atoms with Crippen LogP contribution in [0.25, 0.3) is 0 Å². The van der Waals surface area contributed by atoms with E-state index >= 15 is 0 Å². The predicted octanol–water partition coefficient (Wildman–Crippen LogP) is 5.43. The zero-order valence-electron chi connectivity index (χ0n) is 17.8. The zero-order chi connectivity index (χ0) is 20.4. The van der Waals surface area contributed by atoms with Gasteiger partial charge in [0.05, 0.1) is 27.4 Å². The van der Waals surface area contributed by atoms with Crippen molar-refractivity contribution >= 4 is 0 Å². The molecule has 1 aromatic rings. The SMILES string of the molecule is C=CC(O)CCC/C(C)=C/CCc1cc(OC)c(OC)c(C(C)C)c1OC. The van der Waals surface area contributed by atoms with Gasteiger partial charge in [0.25, 0.3) is 0 Å². The molecule has 1 rings (SSSR count). The van der Waals surface area contributed by atoms with Crippen LogP contribution in [0.5, 0.6) is 17.2 Å². The third-order valence-corrected chi connectivity index (χ3v) is 4.77. The summed E-state index contributed by atoms with van der Waals surface area (Å²) in [6.07, 6.45) is 7.98. The number of aryl methyl sites for hydroxylation is 1. The predicted molar refractivity (Wildman–Crippen MR) is 112 cm³/mol. The van der Waals surface area contributed by atoms with Gasteiger partial charge < -0.3 is 19.3 Å². The highest BCUT2D eigenvalue weighted by molar-refractivity contribution is 5.59. The third kappa shape index (κ3) is 6.62. The van der Waals surface area contributed by atoms with E-state index in [1.807, 2.05) is 6.07 Å². The van der Waals surface area contributed by atoms with Gasteiger partial charge in [-0.2, -0.15) is 0 Å². The van der Waals surface area contributed by atoms with Crippen molar-refractivity contribution < 1.29 is 19.3 Å². The molecule has 1 unspecified atom stereocenters. The number of hydrogen-bond acceptors (Lipinski definition) is 4. The van der Waals surface area contributed by atoms with Gasteiger partial charge in [0.15, 0.2) is 11.5 Å². The van der Waals surface area contributed by atoms with E-state index in [2.05, 4.69) is 33.4 Å². The van der Waals surface area contributed by atoms with Crippen LogP contribution in [0, 0.1) is 0 Å². The first-order valence-corrected chi connectivity index (χ1v) is 9.67. The summed E-state index contributed by atoms with van der Waals surface area (Å²) >= 11 is 0. The molecule has 27 heavy (non-hydrogen) atoms. The topological polar surface area (TPSA) is 47.9 Å². The Hall–Kier alpha value is -1.94. The van der Waals surface area contributed by atoms with E-state index in [0.29, 0.717) is 0 Å². The number of ether oxygens (including phenoxy) is 3. The lowest BCUT2D eigenvalue weighted by Crippen LogP contribution is -2.05. The van der Waals surface area contributed by atoms with Crippen LogP contribution >= 0.6 is 0 Å². The van der Waals surface area contributed by atoms with Crippen molar-refractivity contribution in [1.82, 2.24) is 0 Å². The van der Waals surface area contributed by atoms with Crippen molar-refractivity contribution in [3.05, 3.63) is 41.5 Å². The summed E-state index contributed by atoms with van der Waals surface area (Å²) in [7, 11) is 5.04. The van der Waals surface area contributed by atoms with Crippen molar-refractivity contribution in [2.75, 3.05) is 21.3 Å². The Kier molecular flexibility index (Phi) is 10.0. The van der Waals surface area contributed by atoms with Gasteiger partial charge in [0.2, 0.25) is 0 Å². The maximum Gasteiger partial charge on any atom is 0.167 e. The molecule has 4 nitrogen and oxygen atoms in total. The molecule has 0 aliphatic carbocycles. The molecule has 0 saturated heterocycles. The molecule has 0 aliphatic rings. The Morgan fingerprint density at radius 2 is 1.81 bits per heavy atom. The van der Waals surface area contributed by atoms with Crippen LogP contribution in [0.2, 0.25) is 0 Å². The minimum Gasteiger partial charge on any atom is -0.496 e. The minimum atomic E-state index is -0.400. The molecule has 1 atom stereocenters. The number of allylic oxidation sites excluding steroid dienone is 2. The average molecular weight is 377 g/mol. The number of benzene rings is 1. The second-order valence-electron chi connectivity index (χ2n) is 7.16.